The van der Waals surface area contributed by atoms with Gasteiger partial charge in [0.2, 0.25) is 0 Å². The Morgan fingerprint density at radius 2 is 0.931 bits per heavy atom. The van der Waals surface area contributed by atoms with Gasteiger partial charge in [0, 0.05) is 52.4 Å². The van der Waals surface area contributed by atoms with Gasteiger partial charge in [-0.25, -0.2) is 0 Å². The van der Waals surface area contributed by atoms with Gasteiger partial charge in [-0.2, -0.15) is 26.3 Å². The maximum Gasteiger partial charge on any atom is 0.389 e. The molecule has 176 valence electrons. The smallest absolute Gasteiger partial charge is 0.389 e. The minimum absolute atomic E-state index is 0.0692. The third-order valence-corrected chi connectivity index (χ3v) is 9.41. The maximum atomic E-state index is 12.5. The third-order valence-electron chi connectivity index (χ3n) is 4.68. The van der Waals surface area contributed by atoms with E-state index in [0.717, 1.165) is 0 Å². The van der Waals surface area contributed by atoms with Gasteiger partial charge < -0.3 is 23.0 Å². The Morgan fingerprint density at radius 3 is 1.17 bits per heavy atom. The summed E-state index contributed by atoms with van der Waals surface area (Å²) in [5, 5.41) is 3.11. The van der Waals surface area contributed by atoms with Crippen LogP contribution in [0, 0.1) is 0 Å². The lowest BCUT2D eigenvalue weighted by molar-refractivity contribution is -0.136. The molecule has 29 heavy (non-hydrogen) atoms. The van der Waals surface area contributed by atoms with Gasteiger partial charge in [0.05, 0.1) is 0 Å². The quantitative estimate of drug-likeness (QED) is 0.210. The average Bonchev–Trinajstić information content (AvgIpc) is 2.62. The summed E-state index contributed by atoms with van der Waals surface area (Å²) in [5.41, 5.74) is -0.638. The van der Waals surface area contributed by atoms with Gasteiger partial charge in [0.25, 0.3) is 0 Å². The summed E-state index contributed by atoms with van der Waals surface area (Å²) < 4.78 is 96.2. The highest BCUT2D eigenvalue weighted by atomic mass is 28.3. The van der Waals surface area contributed by atoms with Gasteiger partial charge in [-0.05, 0) is 38.8 Å². The summed E-state index contributed by atoms with van der Waals surface area (Å²) >= 11 is 0. The molecule has 0 aliphatic heterocycles. The van der Waals surface area contributed by atoms with Crippen molar-refractivity contribution < 1.29 is 44.0 Å². The number of rotatable bonds is 16. The van der Waals surface area contributed by atoms with E-state index in [2.05, 4.69) is 5.32 Å². The van der Waals surface area contributed by atoms with Crippen LogP contribution in [0.5, 0.6) is 0 Å². The highest BCUT2D eigenvalue weighted by molar-refractivity contribution is 6.46. The normalized spacial score (nSPS) is 15.3. The second-order valence-corrected chi connectivity index (χ2v) is 12.1. The predicted molar refractivity (Wildman–Crippen MR) is 103 cm³/mol. The zero-order valence-electron chi connectivity index (χ0n) is 17.4. The van der Waals surface area contributed by atoms with Crippen LogP contribution in [-0.4, -0.2) is 72.4 Å². The Hall–Kier alpha value is -0.186. The lowest BCUT2D eigenvalue weighted by atomic mass is 10.1. The zero-order valence-corrected chi connectivity index (χ0v) is 19.7. The molecular formula is C16H33F6NO4Si2. The van der Waals surface area contributed by atoms with Crippen molar-refractivity contribution in [3.8, 4) is 0 Å². The Labute approximate surface area is 172 Å². The minimum atomic E-state index is -4.24. The van der Waals surface area contributed by atoms with E-state index in [1.807, 2.05) is 0 Å². The summed E-state index contributed by atoms with van der Waals surface area (Å²) in [7, 11) is 1.28. The monoisotopic (exact) mass is 473 g/mol. The van der Waals surface area contributed by atoms with E-state index in [1.165, 1.54) is 28.4 Å². The number of hydrogen-bond donors (Lipinski definition) is 1. The molecule has 0 aliphatic carbocycles. The molecule has 0 radical (unpaired) electrons. The van der Waals surface area contributed by atoms with Crippen molar-refractivity contribution in [1.82, 2.24) is 5.32 Å². The summed E-state index contributed by atoms with van der Waals surface area (Å²) in [6.07, 6.45) is -9.53. The van der Waals surface area contributed by atoms with Gasteiger partial charge in [0.15, 0.2) is 0 Å². The maximum absolute atomic E-state index is 12.5. The second kappa shape index (κ2) is 14.8. The standard InChI is InChI=1S/C16H33F6NO4Si2/c1-24-28(25-2)13(5-9-15(17,18)19)7-11-23-12-8-14(29(26-3)27-4)6-10-16(20,21)22/h13-14,23,28-29H,5-12H2,1-4H3. The predicted octanol–water partition coefficient (Wildman–Crippen LogP) is 3.81. The Morgan fingerprint density at radius 1 is 0.621 bits per heavy atom. The molecule has 13 heteroatoms. The molecule has 2 atom stereocenters. The third kappa shape index (κ3) is 14.4. The number of halogens is 6. The van der Waals surface area contributed by atoms with Crippen LogP contribution < -0.4 is 5.32 Å². The van der Waals surface area contributed by atoms with Crippen molar-refractivity contribution in [3.63, 3.8) is 0 Å². The zero-order chi connectivity index (χ0) is 22.5. The van der Waals surface area contributed by atoms with Crippen LogP contribution in [0.1, 0.15) is 38.5 Å². The number of hydrogen-bond acceptors (Lipinski definition) is 5. The largest absolute Gasteiger partial charge is 0.400 e. The van der Waals surface area contributed by atoms with Gasteiger partial charge in [0.1, 0.15) is 0 Å². The molecule has 0 rings (SSSR count). The summed E-state index contributed by atoms with van der Waals surface area (Å²) in [4.78, 5) is 0. The van der Waals surface area contributed by atoms with Crippen LogP contribution in [-0.2, 0) is 17.7 Å². The topological polar surface area (TPSA) is 49.0 Å². The molecule has 0 fully saturated rings. The molecule has 0 saturated heterocycles. The van der Waals surface area contributed by atoms with E-state index < -0.39 is 43.8 Å². The lowest BCUT2D eigenvalue weighted by Crippen LogP contribution is -2.32. The summed E-state index contributed by atoms with van der Waals surface area (Å²) in [5.74, 6) is 0. The molecule has 2 unspecified atom stereocenters. The van der Waals surface area contributed by atoms with Crippen molar-refractivity contribution in [1.29, 1.82) is 0 Å². The Bertz CT molecular complexity index is 374. The average molecular weight is 474 g/mol. The van der Waals surface area contributed by atoms with Crippen molar-refractivity contribution in [2.45, 2.75) is 62.0 Å². The van der Waals surface area contributed by atoms with Gasteiger partial charge in [-0.15, -0.1) is 0 Å². The van der Waals surface area contributed by atoms with Crippen LogP contribution in [0.25, 0.3) is 0 Å². The first-order valence-corrected chi connectivity index (χ1v) is 12.6. The molecule has 0 bridgehead atoms. The van der Waals surface area contributed by atoms with Gasteiger partial charge in [-0.3, -0.25) is 0 Å². The molecule has 0 aliphatic rings. The fourth-order valence-electron chi connectivity index (χ4n) is 3.19. The van der Waals surface area contributed by atoms with Crippen LogP contribution >= 0.6 is 0 Å². The molecule has 0 saturated carbocycles. The highest BCUT2D eigenvalue weighted by Crippen LogP contribution is 2.31. The van der Waals surface area contributed by atoms with Crippen molar-refractivity contribution >= 4 is 18.6 Å². The SMILES string of the molecule is CO[SiH](OC)C(CCNCCC(CCC(F)(F)F)[SiH](OC)OC)CCC(F)(F)F. The molecule has 0 aromatic rings. The van der Waals surface area contributed by atoms with Crippen LogP contribution in [0.3, 0.4) is 0 Å². The summed E-state index contributed by atoms with van der Waals surface area (Å²) in [6.45, 7) is 0.855. The number of alkyl halides is 6. The van der Waals surface area contributed by atoms with Crippen molar-refractivity contribution in [2.24, 2.45) is 0 Å². The minimum Gasteiger partial charge on any atom is -0.400 e. The van der Waals surface area contributed by atoms with E-state index in [1.54, 1.807) is 0 Å². The first-order valence-electron chi connectivity index (χ1n) is 9.42. The second-order valence-electron chi connectivity index (χ2n) is 6.83. The number of nitrogens with one attached hydrogen (secondary N) is 1. The molecule has 1 N–H and O–H groups in total. The van der Waals surface area contributed by atoms with Gasteiger partial charge in [-0.1, -0.05) is 0 Å². The lowest BCUT2D eigenvalue weighted by Gasteiger charge is -2.25. The van der Waals surface area contributed by atoms with Gasteiger partial charge >= 0.3 is 30.9 Å². The highest BCUT2D eigenvalue weighted by Gasteiger charge is 2.33. The van der Waals surface area contributed by atoms with Crippen LogP contribution in [0.2, 0.25) is 11.1 Å². The fraction of sp³-hybridized carbons (Fsp3) is 1.00. The van der Waals surface area contributed by atoms with E-state index >= 15 is 0 Å². The first-order chi connectivity index (χ1) is 13.5. The molecule has 5 nitrogen and oxygen atoms in total. The molecule has 0 amide bonds. The molecule has 0 spiro atoms. The van der Waals surface area contributed by atoms with Crippen molar-refractivity contribution in [2.75, 3.05) is 41.5 Å². The van der Waals surface area contributed by atoms with E-state index in [9.17, 15) is 26.3 Å². The fourth-order valence-corrected chi connectivity index (χ4v) is 6.87. The molecule has 0 aromatic carbocycles. The van der Waals surface area contributed by atoms with Crippen LogP contribution in [0.15, 0.2) is 0 Å². The van der Waals surface area contributed by atoms with E-state index in [0.29, 0.717) is 25.9 Å². The molecule has 0 aromatic heterocycles. The van der Waals surface area contributed by atoms with Crippen LogP contribution in [0.4, 0.5) is 26.3 Å². The molecule has 0 heterocycles. The van der Waals surface area contributed by atoms with E-state index in [4.69, 9.17) is 17.7 Å². The molecular weight excluding hydrogens is 440 g/mol. The Balaban J connectivity index is 4.53. The summed E-state index contributed by atoms with van der Waals surface area (Å²) in [6, 6.07) is 0. The Kier molecular flexibility index (Phi) is 14.7. The first kappa shape index (κ1) is 28.8. The van der Waals surface area contributed by atoms with Crippen molar-refractivity contribution in [3.05, 3.63) is 0 Å². The van der Waals surface area contributed by atoms with E-state index in [-0.39, 0.29) is 23.9 Å².